The van der Waals surface area contributed by atoms with E-state index in [0.29, 0.717) is 6.04 Å². The summed E-state index contributed by atoms with van der Waals surface area (Å²) in [4.78, 5) is 4.21. The Kier molecular flexibility index (Phi) is 6.23. The molecule has 94 valence electrons. The van der Waals surface area contributed by atoms with Crippen LogP contribution in [0.1, 0.15) is 32.6 Å². The highest BCUT2D eigenvalue weighted by molar-refractivity contribution is 5.80. The number of rotatable bonds is 7. The average molecular weight is 227 g/mol. The van der Waals surface area contributed by atoms with Gasteiger partial charge in [-0.05, 0) is 25.2 Å². The van der Waals surface area contributed by atoms with Crippen LogP contribution in [0.5, 0.6) is 0 Å². The van der Waals surface area contributed by atoms with Gasteiger partial charge in [0.05, 0.1) is 0 Å². The van der Waals surface area contributed by atoms with E-state index in [1.54, 1.807) is 7.11 Å². The molecule has 1 aliphatic rings. The highest BCUT2D eigenvalue weighted by atomic mass is 16.5. The van der Waals surface area contributed by atoms with Gasteiger partial charge in [0.2, 0.25) is 0 Å². The number of nitrogens with zero attached hydrogens (tertiary/aromatic N) is 1. The van der Waals surface area contributed by atoms with Crippen molar-refractivity contribution in [3.05, 3.63) is 0 Å². The zero-order valence-corrected chi connectivity index (χ0v) is 10.8. The van der Waals surface area contributed by atoms with Crippen LogP contribution in [-0.4, -0.2) is 39.3 Å². The summed E-state index contributed by atoms with van der Waals surface area (Å²) >= 11 is 0. The molecule has 1 rings (SSSR count). The lowest BCUT2D eigenvalue weighted by atomic mass is 10.2. The Morgan fingerprint density at radius 2 is 2.31 bits per heavy atom. The van der Waals surface area contributed by atoms with Crippen molar-refractivity contribution in [1.82, 2.24) is 10.6 Å². The van der Waals surface area contributed by atoms with E-state index in [1.807, 2.05) is 7.05 Å². The SMILES string of the molecule is CCCC1CC1NC(=NC)NCCCOC. The third-order valence-electron chi connectivity index (χ3n) is 2.95. The molecule has 0 radical (unpaired) electrons. The van der Waals surface area contributed by atoms with Gasteiger partial charge in [-0.1, -0.05) is 13.3 Å². The first-order valence-corrected chi connectivity index (χ1v) is 6.28. The highest BCUT2D eigenvalue weighted by Gasteiger charge is 2.36. The number of guanidine groups is 1. The highest BCUT2D eigenvalue weighted by Crippen LogP contribution is 2.34. The zero-order valence-electron chi connectivity index (χ0n) is 10.8. The summed E-state index contributed by atoms with van der Waals surface area (Å²) in [7, 11) is 3.55. The number of hydrogen-bond acceptors (Lipinski definition) is 2. The topological polar surface area (TPSA) is 45.7 Å². The van der Waals surface area contributed by atoms with Crippen LogP contribution in [0, 0.1) is 5.92 Å². The average Bonchev–Trinajstić information content (AvgIpc) is 3.01. The van der Waals surface area contributed by atoms with Gasteiger partial charge < -0.3 is 15.4 Å². The second kappa shape index (κ2) is 7.49. The second-order valence-electron chi connectivity index (χ2n) is 4.38. The maximum atomic E-state index is 5.00. The fourth-order valence-corrected chi connectivity index (χ4v) is 1.91. The summed E-state index contributed by atoms with van der Waals surface area (Å²) in [6.07, 6.45) is 4.92. The molecule has 0 spiro atoms. The molecule has 4 heteroatoms. The van der Waals surface area contributed by atoms with Gasteiger partial charge in [0.15, 0.2) is 5.96 Å². The fourth-order valence-electron chi connectivity index (χ4n) is 1.91. The quantitative estimate of drug-likeness (QED) is 0.392. The molecule has 2 unspecified atom stereocenters. The maximum Gasteiger partial charge on any atom is 0.191 e. The largest absolute Gasteiger partial charge is 0.385 e. The molecule has 2 atom stereocenters. The van der Waals surface area contributed by atoms with Crippen LogP contribution < -0.4 is 10.6 Å². The van der Waals surface area contributed by atoms with Gasteiger partial charge in [-0.15, -0.1) is 0 Å². The van der Waals surface area contributed by atoms with Crippen LogP contribution in [0.25, 0.3) is 0 Å². The van der Waals surface area contributed by atoms with Crippen LogP contribution in [0.3, 0.4) is 0 Å². The molecule has 0 saturated heterocycles. The Labute approximate surface area is 98.9 Å². The first kappa shape index (κ1) is 13.3. The number of hydrogen-bond donors (Lipinski definition) is 2. The molecule has 1 aliphatic carbocycles. The lowest BCUT2D eigenvalue weighted by molar-refractivity contribution is 0.195. The normalized spacial score (nSPS) is 24.3. The Morgan fingerprint density at radius 1 is 1.50 bits per heavy atom. The molecule has 0 aromatic carbocycles. The molecule has 0 aliphatic heterocycles. The standard InChI is InChI=1S/C12H25N3O/c1-4-6-10-9-11(10)15-12(13-2)14-7-5-8-16-3/h10-11H,4-9H2,1-3H3,(H2,13,14,15). The molecule has 2 N–H and O–H groups in total. The van der Waals surface area contributed by atoms with Gasteiger partial charge in [0.25, 0.3) is 0 Å². The van der Waals surface area contributed by atoms with E-state index in [2.05, 4.69) is 22.5 Å². The van der Waals surface area contributed by atoms with Gasteiger partial charge in [0, 0.05) is 33.4 Å². The minimum atomic E-state index is 0.647. The van der Waals surface area contributed by atoms with E-state index < -0.39 is 0 Å². The summed E-state index contributed by atoms with van der Waals surface area (Å²) in [5.74, 6) is 1.79. The molecular formula is C12H25N3O. The van der Waals surface area contributed by atoms with Crippen molar-refractivity contribution in [2.75, 3.05) is 27.3 Å². The Balaban J connectivity index is 2.09. The third kappa shape index (κ3) is 4.84. The van der Waals surface area contributed by atoms with Crippen LogP contribution in [0.15, 0.2) is 4.99 Å². The number of aliphatic imine (C=N–C) groups is 1. The van der Waals surface area contributed by atoms with Gasteiger partial charge >= 0.3 is 0 Å². The van der Waals surface area contributed by atoms with E-state index in [0.717, 1.165) is 31.4 Å². The summed E-state index contributed by atoms with van der Waals surface area (Å²) < 4.78 is 5.00. The van der Waals surface area contributed by atoms with Crippen molar-refractivity contribution in [2.45, 2.75) is 38.6 Å². The Morgan fingerprint density at radius 3 is 2.94 bits per heavy atom. The summed E-state index contributed by atoms with van der Waals surface area (Å²) in [6, 6.07) is 0.647. The summed E-state index contributed by atoms with van der Waals surface area (Å²) in [5, 5.41) is 6.75. The molecule has 4 nitrogen and oxygen atoms in total. The molecule has 0 aromatic heterocycles. The third-order valence-corrected chi connectivity index (χ3v) is 2.95. The van der Waals surface area contributed by atoms with Crippen LogP contribution in [-0.2, 0) is 4.74 Å². The Hall–Kier alpha value is -0.770. The van der Waals surface area contributed by atoms with Crippen LogP contribution in [0.2, 0.25) is 0 Å². The molecule has 1 saturated carbocycles. The van der Waals surface area contributed by atoms with Crippen molar-refractivity contribution in [1.29, 1.82) is 0 Å². The zero-order chi connectivity index (χ0) is 11.8. The molecule has 0 bridgehead atoms. The van der Waals surface area contributed by atoms with Gasteiger partial charge in [-0.2, -0.15) is 0 Å². The number of methoxy groups -OCH3 is 1. The van der Waals surface area contributed by atoms with E-state index in [4.69, 9.17) is 4.74 Å². The first-order chi connectivity index (χ1) is 7.81. The van der Waals surface area contributed by atoms with Crippen molar-refractivity contribution in [2.24, 2.45) is 10.9 Å². The van der Waals surface area contributed by atoms with E-state index in [9.17, 15) is 0 Å². The summed E-state index contributed by atoms with van der Waals surface area (Å²) in [6.45, 7) is 3.96. The van der Waals surface area contributed by atoms with Crippen LogP contribution >= 0.6 is 0 Å². The van der Waals surface area contributed by atoms with Gasteiger partial charge in [-0.25, -0.2) is 0 Å². The summed E-state index contributed by atoms with van der Waals surface area (Å²) in [5.41, 5.74) is 0. The van der Waals surface area contributed by atoms with Gasteiger partial charge in [0.1, 0.15) is 0 Å². The molecule has 0 aromatic rings. The lowest BCUT2D eigenvalue weighted by Gasteiger charge is -2.11. The van der Waals surface area contributed by atoms with E-state index >= 15 is 0 Å². The van der Waals surface area contributed by atoms with Crippen molar-refractivity contribution in [3.63, 3.8) is 0 Å². The van der Waals surface area contributed by atoms with Crippen molar-refractivity contribution >= 4 is 5.96 Å². The van der Waals surface area contributed by atoms with Crippen molar-refractivity contribution < 1.29 is 4.74 Å². The van der Waals surface area contributed by atoms with Gasteiger partial charge in [-0.3, -0.25) is 4.99 Å². The minimum Gasteiger partial charge on any atom is -0.385 e. The predicted molar refractivity (Wildman–Crippen MR) is 67.8 cm³/mol. The molecule has 0 heterocycles. The second-order valence-corrected chi connectivity index (χ2v) is 4.38. The predicted octanol–water partition coefficient (Wildman–Crippen LogP) is 1.38. The lowest BCUT2D eigenvalue weighted by Crippen LogP contribution is -2.39. The molecular weight excluding hydrogens is 202 g/mol. The van der Waals surface area contributed by atoms with E-state index in [1.165, 1.54) is 19.3 Å². The Bertz CT molecular complexity index is 218. The molecule has 16 heavy (non-hydrogen) atoms. The number of nitrogens with one attached hydrogen (secondary N) is 2. The first-order valence-electron chi connectivity index (χ1n) is 6.28. The fraction of sp³-hybridized carbons (Fsp3) is 0.917. The minimum absolute atomic E-state index is 0.647. The maximum absolute atomic E-state index is 5.00. The molecule has 0 amide bonds. The van der Waals surface area contributed by atoms with E-state index in [-0.39, 0.29) is 0 Å². The molecule has 1 fully saturated rings. The van der Waals surface area contributed by atoms with Crippen LogP contribution in [0.4, 0.5) is 0 Å². The number of ether oxygens (including phenoxy) is 1. The smallest absolute Gasteiger partial charge is 0.191 e. The van der Waals surface area contributed by atoms with Crippen molar-refractivity contribution in [3.8, 4) is 0 Å². The monoisotopic (exact) mass is 227 g/mol.